The first-order chi connectivity index (χ1) is 20.1. The lowest BCUT2D eigenvalue weighted by Crippen LogP contribution is -2.43. The topological polar surface area (TPSA) is 133 Å². The Bertz CT molecular complexity index is 1750. The molecule has 3 heterocycles. The minimum Gasteiger partial charge on any atom is -0.505 e. The minimum atomic E-state index is -3.39. The van der Waals surface area contributed by atoms with Gasteiger partial charge in [-0.1, -0.05) is 24.3 Å². The molecule has 2 N–H and O–H groups in total. The summed E-state index contributed by atoms with van der Waals surface area (Å²) in [5, 5.41) is 11.1. The van der Waals surface area contributed by atoms with E-state index < -0.39 is 32.6 Å². The zero-order valence-corrected chi connectivity index (χ0v) is 23.9. The van der Waals surface area contributed by atoms with Gasteiger partial charge in [-0.3, -0.25) is 19.5 Å². The quantitative estimate of drug-likeness (QED) is 0.302. The lowest BCUT2D eigenvalue weighted by molar-refractivity contribution is 0.0320. The molecule has 0 aliphatic carbocycles. The second-order valence-corrected chi connectivity index (χ2v) is 12.3. The van der Waals surface area contributed by atoms with Crippen molar-refractivity contribution in [3.8, 4) is 5.75 Å². The monoisotopic (exact) mass is 594 g/mol. The summed E-state index contributed by atoms with van der Waals surface area (Å²) in [5.74, 6) is -1.53. The molecule has 0 bridgehead atoms. The fourth-order valence-corrected chi connectivity index (χ4v) is 5.53. The standard InChI is InChI=1S/C30H31FN4O6S/c1-42(39,40)24-8-4-21(5-9-24)19-35(11-10-34-12-14-41-15-13-34)30(38)26-28(36)27-25(33-29(26)37)17-22(18-32-27)16-20-2-6-23(31)7-3-20/h2-9,17-18H,10-16,19H2,1H3,(H2,33,36,37). The number of benzene rings is 2. The van der Waals surface area contributed by atoms with E-state index in [4.69, 9.17) is 4.74 Å². The maximum absolute atomic E-state index is 13.8. The van der Waals surface area contributed by atoms with Crippen molar-refractivity contribution in [3.63, 3.8) is 0 Å². The van der Waals surface area contributed by atoms with E-state index in [0.29, 0.717) is 44.8 Å². The Morgan fingerprint density at radius 3 is 2.40 bits per heavy atom. The molecule has 4 aromatic rings. The van der Waals surface area contributed by atoms with Gasteiger partial charge in [0.05, 0.1) is 23.6 Å². The van der Waals surface area contributed by atoms with E-state index in [2.05, 4.69) is 14.9 Å². The van der Waals surface area contributed by atoms with Crippen LogP contribution < -0.4 is 5.56 Å². The zero-order valence-electron chi connectivity index (χ0n) is 23.0. The van der Waals surface area contributed by atoms with Crippen molar-refractivity contribution in [2.75, 3.05) is 45.6 Å². The summed E-state index contributed by atoms with van der Waals surface area (Å²) in [5.41, 5.74) is 1.41. The highest BCUT2D eigenvalue weighted by molar-refractivity contribution is 7.90. The predicted molar refractivity (Wildman–Crippen MR) is 155 cm³/mol. The number of carbonyl (C=O) groups excluding carboxylic acids is 1. The third kappa shape index (κ3) is 6.84. The molecule has 12 heteroatoms. The average Bonchev–Trinajstić information content (AvgIpc) is 2.96. The van der Waals surface area contributed by atoms with E-state index in [9.17, 15) is 27.5 Å². The van der Waals surface area contributed by atoms with Crippen molar-refractivity contribution >= 4 is 26.8 Å². The molecule has 1 aliphatic rings. The van der Waals surface area contributed by atoms with Crippen molar-refractivity contribution in [2.24, 2.45) is 0 Å². The lowest BCUT2D eigenvalue weighted by atomic mass is 10.1. The number of carbonyl (C=O) groups is 1. The Morgan fingerprint density at radius 2 is 1.74 bits per heavy atom. The molecule has 42 heavy (non-hydrogen) atoms. The molecule has 220 valence electrons. The number of pyridine rings is 2. The number of morpholine rings is 1. The van der Waals surface area contributed by atoms with E-state index in [0.717, 1.165) is 17.4 Å². The molecule has 0 unspecified atom stereocenters. The minimum absolute atomic E-state index is 0.0754. The summed E-state index contributed by atoms with van der Waals surface area (Å²) >= 11 is 0. The maximum Gasteiger partial charge on any atom is 0.265 e. The highest BCUT2D eigenvalue weighted by Crippen LogP contribution is 2.26. The van der Waals surface area contributed by atoms with Gasteiger partial charge in [-0.15, -0.1) is 0 Å². The van der Waals surface area contributed by atoms with Crippen LogP contribution in [-0.4, -0.2) is 84.8 Å². The zero-order chi connectivity index (χ0) is 29.9. The van der Waals surface area contributed by atoms with Crippen LogP contribution in [0.3, 0.4) is 0 Å². The summed E-state index contributed by atoms with van der Waals surface area (Å²) in [6, 6.07) is 13.9. The molecule has 1 aliphatic heterocycles. The van der Waals surface area contributed by atoms with Crippen molar-refractivity contribution in [1.82, 2.24) is 19.8 Å². The van der Waals surface area contributed by atoms with Crippen molar-refractivity contribution in [2.45, 2.75) is 17.9 Å². The van der Waals surface area contributed by atoms with Gasteiger partial charge in [-0.2, -0.15) is 0 Å². The Morgan fingerprint density at radius 1 is 1.07 bits per heavy atom. The van der Waals surface area contributed by atoms with Crippen molar-refractivity contribution < 1.29 is 27.4 Å². The van der Waals surface area contributed by atoms with Crippen LogP contribution in [0.5, 0.6) is 5.75 Å². The van der Waals surface area contributed by atoms with Gasteiger partial charge in [-0.25, -0.2) is 12.8 Å². The normalized spacial score (nSPS) is 14.2. The van der Waals surface area contributed by atoms with Gasteiger partial charge >= 0.3 is 0 Å². The summed E-state index contributed by atoms with van der Waals surface area (Å²) in [6.07, 6.45) is 3.09. The number of ether oxygens (including phenoxy) is 1. The number of amides is 1. The number of rotatable bonds is 9. The molecule has 2 aromatic carbocycles. The van der Waals surface area contributed by atoms with Crippen LogP contribution in [0.1, 0.15) is 27.0 Å². The van der Waals surface area contributed by atoms with Gasteiger partial charge in [0.25, 0.3) is 11.5 Å². The Labute approximate surface area is 242 Å². The van der Waals surface area contributed by atoms with Crippen LogP contribution in [0.4, 0.5) is 4.39 Å². The molecule has 5 rings (SSSR count). The summed E-state index contributed by atoms with van der Waals surface area (Å²) < 4.78 is 42.4. The fraction of sp³-hybridized carbons (Fsp3) is 0.300. The number of halogens is 1. The van der Waals surface area contributed by atoms with Crippen LogP contribution in [0.15, 0.2) is 70.5 Å². The van der Waals surface area contributed by atoms with Crippen LogP contribution in [0, 0.1) is 5.82 Å². The first-order valence-corrected chi connectivity index (χ1v) is 15.3. The first kappa shape index (κ1) is 29.4. The van der Waals surface area contributed by atoms with Gasteiger partial charge in [0.2, 0.25) is 0 Å². The van der Waals surface area contributed by atoms with Crippen LogP contribution in [-0.2, 0) is 27.5 Å². The summed E-state index contributed by atoms with van der Waals surface area (Å²) in [7, 11) is -3.39. The van der Waals surface area contributed by atoms with Crippen LogP contribution >= 0.6 is 0 Å². The Balaban J connectivity index is 1.43. The molecular weight excluding hydrogens is 563 g/mol. The molecular formula is C30H31FN4O6S. The average molecular weight is 595 g/mol. The van der Waals surface area contributed by atoms with Crippen LogP contribution in [0.2, 0.25) is 0 Å². The van der Waals surface area contributed by atoms with E-state index in [-0.39, 0.29) is 34.8 Å². The molecule has 1 amide bonds. The maximum atomic E-state index is 13.8. The summed E-state index contributed by atoms with van der Waals surface area (Å²) in [6.45, 7) is 3.45. The van der Waals surface area contributed by atoms with Gasteiger partial charge in [0, 0.05) is 45.2 Å². The van der Waals surface area contributed by atoms with Crippen molar-refractivity contribution in [3.05, 3.63) is 99.2 Å². The number of H-pyrrole nitrogens is 1. The third-order valence-corrected chi connectivity index (χ3v) is 8.35. The van der Waals surface area contributed by atoms with E-state index >= 15 is 0 Å². The number of sulfone groups is 1. The Hall–Kier alpha value is -4.13. The molecule has 1 saturated heterocycles. The molecule has 10 nitrogen and oxygen atoms in total. The number of hydrogen-bond acceptors (Lipinski definition) is 8. The molecule has 0 radical (unpaired) electrons. The highest BCUT2D eigenvalue weighted by Gasteiger charge is 2.26. The second kappa shape index (κ2) is 12.4. The van der Waals surface area contributed by atoms with Gasteiger partial charge < -0.3 is 19.7 Å². The predicted octanol–water partition coefficient (Wildman–Crippen LogP) is 2.74. The smallest absolute Gasteiger partial charge is 0.265 e. The van der Waals surface area contributed by atoms with Crippen molar-refractivity contribution in [1.29, 1.82) is 0 Å². The number of hydrogen-bond donors (Lipinski definition) is 2. The molecule has 0 saturated carbocycles. The number of fused-ring (bicyclic) bond motifs is 1. The largest absolute Gasteiger partial charge is 0.505 e. The molecule has 1 fully saturated rings. The van der Waals surface area contributed by atoms with Gasteiger partial charge in [0.1, 0.15) is 16.9 Å². The first-order valence-electron chi connectivity index (χ1n) is 13.4. The SMILES string of the molecule is CS(=O)(=O)c1ccc(CN(CCN2CCOCC2)C(=O)c2c(O)c3ncc(Cc4ccc(F)cc4)cc3[nH]c2=O)cc1. The van der Waals surface area contributed by atoms with E-state index in [1.54, 1.807) is 30.3 Å². The molecule has 2 aromatic heterocycles. The van der Waals surface area contributed by atoms with Gasteiger partial charge in [-0.05, 0) is 53.4 Å². The van der Waals surface area contributed by atoms with E-state index in [1.807, 2.05) is 0 Å². The second-order valence-electron chi connectivity index (χ2n) is 10.3. The van der Waals surface area contributed by atoms with Crippen LogP contribution in [0.25, 0.3) is 11.0 Å². The number of aromatic amines is 1. The molecule has 0 atom stereocenters. The van der Waals surface area contributed by atoms with E-state index in [1.165, 1.54) is 35.4 Å². The molecule has 0 spiro atoms. The third-order valence-electron chi connectivity index (χ3n) is 7.22. The number of nitrogens with one attached hydrogen (secondary N) is 1. The number of aromatic nitrogens is 2. The number of nitrogens with zero attached hydrogens (tertiary/aromatic N) is 3. The lowest BCUT2D eigenvalue weighted by Gasteiger charge is -2.30. The highest BCUT2D eigenvalue weighted by atomic mass is 32.2. The summed E-state index contributed by atoms with van der Waals surface area (Å²) in [4.78, 5) is 37.8. The van der Waals surface area contributed by atoms with Gasteiger partial charge in [0.15, 0.2) is 15.6 Å². The number of aromatic hydroxyl groups is 1. The Kier molecular flexibility index (Phi) is 8.66. The fourth-order valence-electron chi connectivity index (χ4n) is 4.90.